The maximum absolute atomic E-state index is 4.42. The van der Waals surface area contributed by atoms with Gasteiger partial charge in [-0.3, -0.25) is 0 Å². The van der Waals surface area contributed by atoms with Crippen molar-refractivity contribution in [2.24, 2.45) is 0 Å². The van der Waals surface area contributed by atoms with Crippen molar-refractivity contribution in [2.45, 2.75) is 33.1 Å². The monoisotopic (exact) mass is 465 g/mol. The number of allylic oxidation sites excluding steroid dienone is 5. The van der Waals surface area contributed by atoms with Crippen molar-refractivity contribution in [3.63, 3.8) is 0 Å². The molecule has 0 aliphatic heterocycles. The van der Waals surface area contributed by atoms with E-state index in [9.17, 15) is 0 Å². The SMILES string of the molecule is C=C(/C=C\C(=C/C)c1ccccc1)c1ccc2c(c1)c1cc(C(C)(C)C)cc3c4ccccc4n2c31. The molecule has 0 spiro atoms. The molecule has 2 heterocycles. The highest BCUT2D eigenvalue weighted by Gasteiger charge is 2.22. The first kappa shape index (κ1) is 22.4. The quantitative estimate of drug-likeness (QED) is 0.228. The maximum atomic E-state index is 4.42. The van der Waals surface area contributed by atoms with Crippen LogP contribution in [0, 0.1) is 0 Å². The van der Waals surface area contributed by atoms with Crippen LogP contribution in [0.15, 0.2) is 110 Å². The van der Waals surface area contributed by atoms with Crippen molar-refractivity contribution in [2.75, 3.05) is 0 Å². The zero-order valence-electron chi connectivity index (χ0n) is 21.5. The van der Waals surface area contributed by atoms with Gasteiger partial charge in [0.05, 0.1) is 16.6 Å². The molecule has 0 atom stereocenters. The first-order valence-electron chi connectivity index (χ1n) is 12.7. The molecule has 1 heteroatoms. The lowest BCUT2D eigenvalue weighted by Gasteiger charge is -2.19. The minimum Gasteiger partial charge on any atom is -0.308 e. The lowest BCUT2D eigenvalue weighted by molar-refractivity contribution is 0.592. The molecule has 36 heavy (non-hydrogen) atoms. The van der Waals surface area contributed by atoms with Crippen LogP contribution in [0.5, 0.6) is 0 Å². The van der Waals surface area contributed by atoms with E-state index in [4.69, 9.17) is 0 Å². The molecule has 0 amide bonds. The molecule has 4 aromatic carbocycles. The summed E-state index contributed by atoms with van der Waals surface area (Å²) in [6.07, 6.45) is 6.45. The van der Waals surface area contributed by atoms with Crippen LogP contribution in [0.2, 0.25) is 0 Å². The fraction of sp³-hybridized carbons (Fsp3) is 0.143. The summed E-state index contributed by atoms with van der Waals surface area (Å²) in [7, 11) is 0. The third-order valence-corrected chi connectivity index (χ3v) is 7.42. The summed E-state index contributed by atoms with van der Waals surface area (Å²) in [5.74, 6) is 0. The first-order valence-corrected chi connectivity index (χ1v) is 12.7. The lowest BCUT2D eigenvalue weighted by Crippen LogP contribution is -2.10. The molecule has 0 saturated carbocycles. The zero-order chi connectivity index (χ0) is 25.0. The number of aromatic nitrogens is 1. The Balaban J connectivity index is 1.53. The normalized spacial score (nSPS) is 13.2. The molecule has 0 aliphatic rings. The number of benzene rings is 4. The van der Waals surface area contributed by atoms with Crippen LogP contribution in [-0.2, 0) is 5.41 Å². The second-order valence-corrected chi connectivity index (χ2v) is 10.7. The molecular weight excluding hydrogens is 434 g/mol. The molecule has 0 N–H and O–H groups in total. The molecular formula is C35H31N. The summed E-state index contributed by atoms with van der Waals surface area (Å²) in [5.41, 5.74) is 9.84. The van der Waals surface area contributed by atoms with Crippen LogP contribution >= 0.6 is 0 Å². The molecule has 0 aliphatic carbocycles. The minimum atomic E-state index is 0.0704. The largest absolute Gasteiger partial charge is 0.308 e. The van der Waals surface area contributed by atoms with E-state index >= 15 is 0 Å². The summed E-state index contributed by atoms with van der Waals surface area (Å²) < 4.78 is 2.44. The van der Waals surface area contributed by atoms with Crippen molar-refractivity contribution in [1.29, 1.82) is 0 Å². The Morgan fingerprint density at radius 1 is 0.694 bits per heavy atom. The van der Waals surface area contributed by atoms with Crippen LogP contribution in [0.25, 0.3) is 49.2 Å². The highest BCUT2D eigenvalue weighted by atomic mass is 14.9. The highest BCUT2D eigenvalue weighted by molar-refractivity contribution is 6.23. The molecule has 0 saturated heterocycles. The molecule has 6 rings (SSSR count). The third-order valence-electron chi connectivity index (χ3n) is 7.42. The van der Waals surface area contributed by atoms with Crippen LogP contribution in [0.1, 0.15) is 44.4 Å². The number of hydrogen-bond donors (Lipinski definition) is 0. The predicted octanol–water partition coefficient (Wildman–Crippen LogP) is 9.81. The van der Waals surface area contributed by atoms with E-state index in [2.05, 4.69) is 142 Å². The summed E-state index contributed by atoms with van der Waals surface area (Å²) >= 11 is 0. The molecule has 176 valence electrons. The van der Waals surface area contributed by atoms with Crippen molar-refractivity contribution in [3.8, 4) is 0 Å². The topological polar surface area (TPSA) is 4.41 Å². The smallest absolute Gasteiger partial charge is 0.0620 e. The van der Waals surface area contributed by atoms with Crippen LogP contribution in [-0.4, -0.2) is 4.40 Å². The van der Waals surface area contributed by atoms with E-state index in [1.54, 1.807) is 0 Å². The predicted molar refractivity (Wildman–Crippen MR) is 158 cm³/mol. The van der Waals surface area contributed by atoms with E-state index < -0.39 is 0 Å². The zero-order valence-corrected chi connectivity index (χ0v) is 21.5. The van der Waals surface area contributed by atoms with Gasteiger partial charge in [-0.1, -0.05) is 100 Å². The standard InChI is InChI=1S/C35H31N/c1-6-24(25-12-8-7-9-13-25)17-16-23(2)26-18-19-33-29(20-26)31-22-27(35(3,4)5)21-30-28-14-10-11-15-32(28)36(33)34(30)31/h6-22H,2H2,1,3-5H3/b17-16-,24-6+. The Hall–Kier alpha value is -4.10. The van der Waals surface area contributed by atoms with Crippen molar-refractivity contribution >= 4 is 49.2 Å². The summed E-state index contributed by atoms with van der Waals surface area (Å²) in [6, 6.07) is 30.9. The number of hydrogen-bond acceptors (Lipinski definition) is 0. The Bertz CT molecular complexity index is 1820. The number of nitrogens with zero attached hydrogens (tertiary/aromatic N) is 1. The van der Waals surface area contributed by atoms with Crippen molar-refractivity contribution in [1.82, 2.24) is 4.40 Å². The maximum Gasteiger partial charge on any atom is 0.0620 e. The van der Waals surface area contributed by atoms with Crippen LogP contribution in [0.3, 0.4) is 0 Å². The van der Waals surface area contributed by atoms with Crippen LogP contribution < -0.4 is 0 Å². The molecule has 0 bridgehead atoms. The second-order valence-electron chi connectivity index (χ2n) is 10.7. The average Bonchev–Trinajstić information content (AvgIpc) is 3.40. The second kappa shape index (κ2) is 8.24. The van der Waals surface area contributed by atoms with E-state index in [0.29, 0.717) is 0 Å². The molecule has 6 aromatic rings. The van der Waals surface area contributed by atoms with Gasteiger partial charge in [-0.2, -0.15) is 0 Å². The molecule has 0 fully saturated rings. The first-order chi connectivity index (χ1) is 17.4. The van der Waals surface area contributed by atoms with E-state index in [1.807, 2.05) is 0 Å². The molecule has 2 aromatic heterocycles. The Kier molecular flexibility index (Phi) is 5.12. The minimum absolute atomic E-state index is 0.0704. The Morgan fingerprint density at radius 2 is 1.36 bits per heavy atom. The number of rotatable bonds is 4. The average molecular weight is 466 g/mol. The molecule has 1 nitrogen and oxygen atoms in total. The van der Waals surface area contributed by atoms with Crippen molar-refractivity contribution in [3.05, 3.63) is 126 Å². The van der Waals surface area contributed by atoms with Crippen LogP contribution in [0.4, 0.5) is 0 Å². The number of para-hydroxylation sites is 1. The van der Waals surface area contributed by atoms with Gasteiger partial charge in [0.1, 0.15) is 0 Å². The van der Waals surface area contributed by atoms with Gasteiger partial charge in [0.2, 0.25) is 0 Å². The van der Waals surface area contributed by atoms with E-state index in [0.717, 1.165) is 11.1 Å². The Labute approximate surface area is 213 Å². The number of fused-ring (bicyclic) bond motifs is 6. The third kappa shape index (κ3) is 3.46. The summed E-state index contributed by atoms with van der Waals surface area (Å²) in [6.45, 7) is 13.4. The Morgan fingerprint density at radius 3 is 2.08 bits per heavy atom. The fourth-order valence-corrected chi connectivity index (χ4v) is 5.41. The van der Waals surface area contributed by atoms with Gasteiger partial charge < -0.3 is 4.40 Å². The summed E-state index contributed by atoms with van der Waals surface area (Å²) in [4.78, 5) is 0. The fourth-order valence-electron chi connectivity index (χ4n) is 5.41. The van der Waals surface area contributed by atoms with Gasteiger partial charge >= 0.3 is 0 Å². The molecule has 0 unspecified atom stereocenters. The highest BCUT2D eigenvalue weighted by Crippen LogP contribution is 2.42. The van der Waals surface area contributed by atoms with Gasteiger partial charge in [-0.25, -0.2) is 0 Å². The van der Waals surface area contributed by atoms with Gasteiger partial charge in [0.15, 0.2) is 0 Å². The molecule has 0 radical (unpaired) electrons. The lowest BCUT2D eigenvalue weighted by atomic mass is 9.85. The van der Waals surface area contributed by atoms with Gasteiger partial charge in [0, 0.05) is 21.5 Å². The van der Waals surface area contributed by atoms with Gasteiger partial charge in [-0.15, -0.1) is 0 Å². The van der Waals surface area contributed by atoms with Gasteiger partial charge in [-0.05, 0) is 70.5 Å². The summed E-state index contributed by atoms with van der Waals surface area (Å²) in [5, 5.41) is 5.26. The van der Waals surface area contributed by atoms with E-state index in [-0.39, 0.29) is 5.41 Å². The van der Waals surface area contributed by atoms with Crippen molar-refractivity contribution < 1.29 is 0 Å². The van der Waals surface area contributed by atoms with Gasteiger partial charge in [0.25, 0.3) is 0 Å². The van der Waals surface area contributed by atoms with E-state index in [1.165, 1.54) is 54.8 Å².